The van der Waals surface area contributed by atoms with Crippen molar-refractivity contribution in [1.82, 2.24) is 10.2 Å². The number of carboxylic acids is 1. The van der Waals surface area contributed by atoms with Crippen molar-refractivity contribution in [1.29, 1.82) is 0 Å². The molecule has 18 heteroatoms. The summed E-state index contributed by atoms with van der Waals surface area (Å²) in [5.41, 5.74) is 1.09. The third-order valence-corrected chi connectivity index (χ3v) is 6.43. The molecule has 7 nitrogen and oxygen atoms in total. The van der Waals surface area contributed by atoms with E-state index in [0.29, 0.717) is 11.1 Å². The molecule has 0 radical (unpaired) electrons. The van der Waals surface area contributed by atoms with Gasteiger partial charge < -0.3 is 24.8 Å². The second-order valence-corrected chi connectivity index (χ2v) is 9.79. The summed E-state index contributed by atoms with van der Waals surface area (Å²) < 4.78 is 160. The Bertz CT molecular complexity index is 1280. The van der Waals surface area contributed by atoms with E-state index in [1.807, 2.05) is 0 Å². The number of carbonyl (C=O) groups excluding carboxylic acids is 1. The first-order valence-corrected chi connectivity index (χ1v) is 13.4. The predicted octanol–water partition coefficient (Wildman–Crippen LogP) is 6.46. The molecule has 0 aliphatic heterocycles. The summed E-state index contributed by atoms with van der Waals surface area (Å²) in [4.78, 5) is 23.7. The number of benzene rings is 2. The fourth-order valence-corrected chi connectivity index (χ4v) is 3.89. The number of carboxylic acid groups (broad SMARTS) is 1. The lowest BCUT2D eigenvalue weighted by Gasteiger charge is -2.38. The lowest BCUT2D eigenvalue weighted by Crippen LogP contribution is -2.68. The van der Waals surface area contributed by atoms with Gasteiger partial charge in [-0.2, -0.15) is 48.3 Å². The van der Waals surface area contributed by atoms with E-state index < -0.39 is 67.7 Å². The van der Waals surface area contributed by atoms with E-state index in [-0.39, 0.29) is 36.6 Å². The molecule has 2 N–H and O–H groups in total. The number of aliphatic carboxylic acids is 1. The highest BCUT2D eigenvalue weighted by Gasteiger charge is 2.87. The SMILES string of the molecule is CCOC(Cc1ccc(OCCN(CC(F)(F)C(F)(F)C(F)(F)C(F)(F)C(F)(F)F)C(=O)NCCc2ccccc2)cc1)C(=O)O. The minimum atomic E-state index is -7.61. The van der Waals surface area contributed by atoms with Crippen molar-refractivity contribution in [2.24, 2.45) is 0 Å². The zero-order valence-electron chi connectivity index (χ0n) is 23.9. The first-order chi connectivity index (χ1) is 21.2. The third kappa shape index (κ3) is 9.13. The standard InChI is InChI=1S/C28H29F11N2O5/c1-2-45-21(22(42)43)16-19-8-10-20(11-9-19)46-15-14-41(23(44)40-13-12-18-6-4-3-5-7-18)17-24(29,30)25(31,32)26(33,34)27(35,36)28(37,38)39/h3-11,21H,2,12-17H2,1H3,(H,40,44)(H,42,43). The molecule has 46 heavy (non-hydrogen) atoms. The summed E-state index contributed by atoms with van der Waals surface area (Å²) in [7, 11) is 0. The van der Waals surface area contributed by atoms with Crippen LogP contribution in [0.1, 0.15) is 18.1 Å². The monoisotopic (exact) mass is 682 g/mol. The van der Waals surface area contributed by atoms with E-state index in [0.717, 1.165) is 0 Å². The van der Waals surface area contributed by atoms with Crippen LogP contribution in [0, 0.1) is 0 Å². The van der Waals surface area contributed by atoms with E-state index in [1.54, 1.807) is 37.3 Å². The first-order valence-electron chi connectivity index (χ1n) is 13.4. The number of carbonyl (C=O) groups is 2. The number of amides is 2. The summed E-state index contributed by atoms with van der Waals surface area (Å²) in [5, 5.41) is 11.2. The van der Waals surface area contributed by atoms with Crippen LogP contribution in [0.15, 0.2) is 54.6 Å². The molecular weight excluding hydrogens is 653 g/mol. The molecule has 2 aromatic rings. The van der Waals surface area contributed by atoms with Crippen molar-refractivity contribution < 1.29 is 72.5 Å². The van der Waals surface area contributed by atoms with Crippen molar-refractivity contribution >= 4 is 12.0 Å². The Kier molecular flexibility index (Phi) is 12.7. The molecule has 0 aliphatic carbocycles. The van der Waals surface area contributed by atoms with Crippen molar-refractivity contribution in [2.75, 3.05) is 32.8 Å². The average molecular weight is 683 g/mol. The summed E-state index contributed by atoms with van der Waals surface area (Å²) in [5.74, 6) is -30.0. The number of halogens is 11. The predicted molar refractivity (Wildman–Crippen MR) is 140 cm³/mol. The second-order valence-electron chi connectivity index (χ2n) is 9.79. The average Bonchev–Trinajstić information content (AvgIpc) is 2.96. The van der Waals surface area contributed by atoms with Crippen LogP contribution in [0.4, 0.5) is 53.1 Å². The fourth-order valence-electron chi connectivity index (χ4n) is 3.89. The molecule has 0 aliphatic rings. The minimum Gasteiger partial charge on any atom is -0.492 e. The Labute approximate surface area is 255 Å². The van der Waals surface area contributed by atoms with Gasteiger partial charge in [-0.3, -0.25) is 0 Å². The summed E-state index contributed by atoms with van der Waals surface area (Å²) in [6.45, 7) is -3.11. The summed E-state index contributed by atoms with van der Waals surface area (Å²) in [6.07, 6.45) is -8.46. The van der Waals surface area contributed by atoms with Gasteiger partial charge in [-0.15, -0.1) is 0 Å². The molecule has 1 atom stereocenters. The van der Waals surface area contributed by atoms with Crippen LogP contribution in [0.25, 0.3) is 0 Å². The molecular formula is C28H29F11N2O5. The quantitative estimate of drug-likeness (QED) is 0.187. The van der Waals surface area contributed by atoms with Crippen LogP contribution in [0.2, 0.25) is 0 Å². The smallest absolute Gasteiger partial charge is 0.460 e. The minimum absolute atomic E-state index is 0.00934. The van der Waals surface area contributed by atoms with Gasteiger partial charge in [-0.05, 0) is 36.6 Å². The van der Waals surface area contributed by atoms with Gasteiger partial charge in [-0.1, -0.05) is 42.5 Å². The number of rotatable bonds is 17. The fraction of sp³-hybridized carbons (Fsp3) is 0.500. The molecule has 258 valence electrons. The van der Waals surface area contributed by atoms with E-state index in [9.17, 15) is 63.0 Å². The van der Waals surface area contributed by atoms with Crippen LogP contribution >= 0.6 is 0 Å². The Balaban J connectivity index is 2.21. The zero-order valence-corrected chi connectivity index (χ0v) is 23.9. The van der Waals surface area contributed by atoms with Crippen molar-refractivity contribution in [3.63, 3.8) is 0 Å². The van der Waals surface area contributed by atoms with E-state index in [1.165, 1.54) is 24.3 Å². The maximum absolute atomic E-state index is 14.6. The van der Waals surface area contributed by atoms with Gasteiger partial charge in [0.05, 0.1) is 13.1 Å². The molecule has 2 aromatic carbocycles. The van der Waals surface area contributed by atoms with Crippen LogP contribution < -0.4 is 10.1 Å². The van der Waals surface area contributed by atoms with Gasteiger partial charge in [0.1, 0.15) is 12.4 Å². The maximum Gasteiger partial charge on any atom is 0.460 e. The van der Waals surface area contributed by atoms with Gasteiger partial charge in [0.25, 0.3) is 0 Å². The molecule has 2 rings (SSSR count). The van der Waals surface area contributed by atoms with Crippen LogP contribution in [-0.4, -0.2) is 90.8 Å². The molecule has 0 spiro atoms. The number of nitrogens with one attached hydrogen (secondary N) is 1. The number of hydrogen-bond acceptors (Lipinski definition) is 4. The highest BCUT2D eigenvalue weighted by Crippen LogP contribution is 2.57. The molecule has 0 fully saturated rings. The van der Waals surface area contributed by atoms with Gasteiger partial charge in [0, 0.05) is 19.6 Å². The second kappa shape index (κ2) is 15.2. The van der Waals surface area contributed by atoms with Crippen molar-refractivity contribution in [2.45, 2.75) is 55.7 Å². The summed E-state index contributed by atoms with van der Waals surface area (Å²) >= 11 is 0. The lowest BCUT2D eigenvalue weighted by molar-refractivity contribution is -0.422. The maximum atomic E-state index is 14.6. The molecule has 1 unspecified atom stereocenters. The van der Waals surface area contributed by atoms with E-state index in [2.05, 4.69) is 5.32 Å². The molecule has 0 saturated heterocycles. The molecule has 2 amide bonds. The Hall–Kier alpha value is -3.83. The van der Waals surface area contributed by atoms with Crippen LogP contribution in [0.5, 0.6) is 5.75 Å². The van der Waals surface area contributed by atoms with Crippen LogP contribution in [-0.2, 0) is 22.4 Å². The summed E-state index contributed by atoms with van der Waals surface area (Å²) in [6, 6.07) is 11.9. The van der Waals surface area contributed by atoms with Crippen molar-refractivity contribution in [3.05, 3.63) is 65.7 Å². The van der Waals surface area contributed by atoms with Crippen molar-refractivity contribution in [3.8, 4) is 5.75 Å². The largest absolute Gasteiger partial charge is 0.492 e. The lowest BCUT2D eigenvalue weighted by atomic mass is 9.97. The van der Waals surface area contributed by atoms with Gasteiger partial charge >= 0.3 is 41.9 Å². The van der Waals surface area contributed by atoms with Gasteiger partial charge in [-0.25, -0.2) is 9.59 Å². The molecule has 0 saturated carbocycles. The van der Waals surface area contributed by atoms with E-state index in [4.69, 9.17) is 9.47 Å². The van der Waals surface area contributed by atoms with E-state index >= 15 is 0 Å². The molecule has 0 heterocycles. The van der Waals surface area contributed by atoms with Gasteiger partial charge in [0.15, 0.2) is 6.10 Å². The first kappa shape index (κ1) is 38.4. The normalized spacial score (nSPS) is 13.7. The Morgan fingerprint density at radius 3 is 1.93 bits per heavy atom. The zero-order chi connectivity index (χ0) is 35.0. The Morgan fingerprint density at radius 1 is 0.826 bits per heavy atom. The number of ether oxygens (including phenoxy) is 2. The number of alkyl halides is 11. The molecule has 0 bridgehead atoms. The third-order valence-electron chi connectivity index (χ3n) is 6.43. The molecule has 0 aromatic heterocycles. The Morgan fingerprint density at radius 2 is 1.41 bits per heavy atom. The topological polar surface area (TPSA) is 88.1 Å². The highest BCUT2D eigenvalue weighted by molar-refractivity contribution is 5.74. The van der Waals surface area contributed by atoms with Crippen LogP contribution in [0.3, 0.4) is 0 Å². The number of nitrogens with zero attached hydrogens (tertiary/aromatic N) is 1. The number of hydrogen-bond donors (Lipinski definition) is 2. The number of urea groups is 1. The highest BCUT2D eigenvalue weighted by atomic mass is 19.4. The van der Waals surface area contributed by atoms with Gasteiger partial charge in [0.2, 0.25) is 0 Å².